The fourth-order valence-electron chi connectivity index (χ4n) is 2.66. The van der Waals surface area contributed by atoms with E-state index in [-0.39, 0.29) is 5.75 Å². The van der Waals surface area contributed by atoms with Gasteiger partial charge in [-0.25, -0.2) is 12.7 Å². The molecular weight excluding hydrogens is 310 g/mol. The van der Waals surface area contributed by atoms with Gasteiger partial charge in [-0.3, -0.25) is 0 Å². The summed E-state index contributed by atoms with van der Waals surface area (Å²) in [5, 5.41) is 13.7. The van der Waals surface area contributed by atoms with E-state index in [2.05, 4.69) is 15.3 Å². The van der Waals surface area contributed by atoms with Crippen LogP contribution in [0.3, 0.4) is 0 Å². The van der Waals surface area contributed by atoms with Crippen LogP contribution in [0.25, 0.3) is 4.96 Å². The summed E-state index contributed by atoms with van der Waals surface area (Å²) in [6, 6.07) is 0. The van der Waals surface area contributed by atoms with E-state index in [1.807, 2.05) is 13.8 Å². The van der Waals surface area contributed by atoms with Crippen molar-refractivity contribution in [2.24, 2.45) is 0 Å². The molecule has 3 rings (SSSR count). The number of hydrogen-bond acceptors (Lipinski definition) is 6. The summed E-state index contributed by atoms with van der Waals surface area (Å²) in [6.45, 7) is 4.95. The third kappa shape index (κ3) is 2.82. The lowest BCUT2D eigenvalue weighted by Crippen LogP contribution is -2.39. The number of fused-ring (bicyclic) bond motifs is 1. The van der Waals surface area contributed by atoms with Gasteiger partial charge in [0.15, 0.2) is 5.82 Å². The molecule has 0 aromatic carbocycles. The molecule has 116 valence electrons. The quantitative estimate of drug-likeness (QED) is 0.847. The third-order valence-corrected chi connectivity index (χ3v) is 6.96. The van der Waals surface area contributed by atoms with Crippen LogP contribution in [0.15, 0.2) is 0 Å². The minimum atomic E-state index is -3.07. The molecular formula is C12H19N5O2S2. The highest BCUT2D eigenvalue weighted by Crippen LogP contribution is 2.32. The van der Waals surface area contributed by atoms with Crippen LogP contribution in [0.4, 0.5) is 0 Å². The lowest BCUT2D eigenvalue weighted by Gasteiger charge is -2.30. The normalized spacial score (nSPS) is 18.6. The van der Waals surface area contributed by atoms with Crippen molar-refractivity contribution in [3.8, 4) is 0 Å². The molecule has 2 aromatic rings. The van der Waals surface area contributed by atoms with Crippen LogP contribution in [-0.2, 0) is 10.0 Å². The highest BCUT2D eigenvalue weighted by atomic mass is 32.2. The van der Waals surface area contributed by atoms with Gasteiger partial charge in [-0.15, -0.1) is 10.2 Å². The SMILES string of the molecule is CCCS(=O)(=O)N1CCC(c2nn3c(C)nnc3s2)CC1. The molecule has 1 saturated heterocycles. The maximum Gasteiger partial charge on any atom is 0.234 e. The van der Waals surface area contributed by atoms with Crippen LogP contribution < -0.4 is 0 Å². The molecule has 2 aromatic heterocycles. The second-order valence-corrected chi connectivity index (χ2v) is 8.45. The van der Waals surface area contributed by atoms with Crippen LogP contribution in [0.5, 0.6) is 0 Å². The Labute approximate surface area is 128 Å². The van der Waals surface area contributed by atoms with Crippen molar-refractivity contribution in [3.63, 3.8) is 0 Å². The van der Waals surface area contributed by atoms with Gasteiger partial charge < -0.3 is 0 Å². The molecule has 0 N–H and O–H groups in total. The Morgan fingerprint density at radius 3 is 2.62 bits per heavy atom. The molecule has 9 heteroatoms. The van der Waals surface area contributed by atoms with Gasteiger partial charge in [-0.2, -0.15) is 9.61 Å². The number of hydrogen-bond donors (Lipinski definition) is 0. The summed E-state index contributed by atoms with van der Waals surface area (Å²) in [5.74, 6) is 1.35. The number of piperidine rings is 1. The van der Waals surface area contributed by atoms with Crippen LogP contribution in [-0.4, -0.2) is 51.4 Å². The van der Waals surface area contributed by atoms with Crippen LogP contribution in [0.1, 0.15) is 42.9 Å². The standard InChI is InChI=1S/C12H19N5O2S2/c1-3-8-21(18,19)16-6-4-10(5-7-16)11-15-17-9(2)13-14-12(17)20-11/h10H,3-8H2,1-2H3. The Morgan fingerprint density at radius 2 is 2.00 bits per heavy atom. The molecule has 1 fully saturated rings. The predicted octanol–water partition coefficient (Wildman–Crippen LogP) is 1.41. The Morgan fingerprint density at radius 1 is 1.29 bits per heavy atom. The highest BCUT2D eigenvalue weighted by molar-refractivity contribution is 7.89. The van der Waals surface area contributed by atoms with E-state index in [0.717, 1.165) is 28.6 Å². The molecule has 0 amide bonds. The predicted molar refractivity (Wildman–Crippen MR) is 81.0 cm³/mol. The van der Waals surface area contributed by atoms with E-state index < -0.39 is 10.0 Å². The fraction of sp³-hybridized carbons (Fsp3) is 0.750. The van der Waals surface area contributed by atoms with Gasteiger partial charge in [-0.1, -0.05) is 18.3 Å². The van der Waals surface area contributed by atoms with Crippen molar-refractivity contribution in [2.45, 2.75) is 39.0 Å². The molecule has 0 unspecified atom stereocenters. The van der Waals surface area contributed by atoms with Gasteiger partial charge in [0, 0.05) is 19.0 Å². The van der Waals surface area contributed by atoms with Crippen molar-refractivity contribution in [2.75, 3.05) is 18.8 Å². The van der Waals surface area contributed by atoms with E-state index in [0.29, 0.717) is 25.4 Å². The maximum absolute atomic E-state index is 12.1. The minimum Gasteiger partial charge on any atom is -0.212 e. The minimum absolute atomic E-state index is 0.244. The number of rotatable bonds is 4. The molecule has 1 aliphatic heterocycles. The first-order valence-corrected chi connectivity index (χ1v) is 9.60. The summed E-state index contributed by atoms with van der Waals surface area (Å²) in [6.07, 6.45) is 2.32. The average molecular weight is 329 g/mol. The lowest BCUT2D eigenvalue weighted by molar-refractivity contribution is 0.318. The van der Waals surface area contributed by atoms with Crippen molar-refractivity contribution >= 4 is 26.3 Å². The van der Waals surface area contributed by atoms with Crippen molar-refractivity contribution in [1.82, 2.24) is 24.1 Å². The molecule has 0 radical (unpaired) electrons. The van der Waals surface area contributed by atoms with E-state index >= 15 is 0 Å². The third-order valence-electron chi connectivity index (χ3n) is 3.82. The largest absolute Gasteiger partial charge is 0.234 e. The van der Waals surface area contributed by atoms with E-state index in [4.69, 9.17) is 0 Å². The fourth-order valence-corrected chi connectivity index (χ4v) is 5.26. The number of aromatic nitrogens is 4. The summed E-state index contributed by atoms with van der Waals surface area (Å²) in [4.78, 5) is 0.809. The van der Waals surface area contributed by atoms with E-state index in [1.54, 1.807) is 20.2 Å². The maximum atomic E-state index is 12.1. The van der Waals surface area contributed by atoms with Crippen LogP contribution in [0.2, 0.25) is 0 Å². The van der Waals surface area contributed by atoms with Crippen molar-refractivity contribution in [1.29, 1.82) is 0 Å². The zero-order valence-electron chi connectivity index (χ0n) is 12.2. The van der Waals surface area contributed by atoms with Gasteiger partial charge in [-0.05, 0) is 26.2 Å². The molecule has 0 atom stereocenters. The second kappa shape index (κ2) is 5.62. The lowest BCUT2D eigenvalue weighted by atomic mass is 9.99. The monoisotopic (exact) mass is 329 g/mol. The average Bonchev–Trinajstić information content (AvgIpc) is 3.02. The molecule has 1 aliphatic rings. The van der Waals surface area contributed by atoms with Crippen LogP contribution >= 0.6 is 11.3 Å². The molecule has 3 heterocycles. The van der Waals surface area contributed by atoms with Crippen LogP contribution in [0, 0.1) is 6.92 Å². The first-order valence-electron chi connectivity index (χ1n) is 7.18. The zero-order chi connectivity index (χ0) is 15.0. The molecule has 0 bridgehead atoms. The topological polar surface area (TPSA) is 80.5 Å². The molecule has 0 saturated carbocycles. The van der Waals surface area contributed by atoms with Gasteiger partial charge in [0.05, 0.1) is 5.75 Å². The highest BCUT2D eigenvalue weighted by Gasteiger charge is 2.29. The first-order chi connectivity index (χ1) is 10.0. The number of aryl methyl sites for hydroxylation is 1. The van der Waals surface area contributed by atoms with Crippen molar-refractivity contribution in [3.05, 3.63) is 10.8 Å². The summed E-state index contributed by atoms with van der Waals surface area (Å²) in [7, 11) is -3.07. The zero-order valence-corrected chi connectivity index (χ0v) is 13.8. The van der Waals surface area contributed by atoms with Gasteiger partial charge in [0.1, 0.15) is 5.01 Å². The first kappa shape index (κ1) is 14.9. The Balaban J connectivity index is 1.70. The van der Waals surface area contributed by atoms with Gasteiger partial charge >= 0.3 is 0 Å². The van der Waals surface area contributed by atoms with Gasteiger partial charge in [0.25, 0.3) is 0 Å². The number of nitrogens with zero attached hydrogens (tertiary/aromatic N) is 5. The molecule has 0 spiro atoms. The summed E-state index contributed by atoms with van der Waals surface area (Å²) < 4.78 is 27.5. The summed E-state index contributed by atoms with van der Waals surface area (Å²) >= 11 is 1.55. The van der Waals surface area contributed by atoms with Crippen molar-refractivity contribution < 1.29 is 8.42 Å². The Hall–Kier alpha value is -1.06. The second-order valence-electron chi connectivity index (χ2n) is 5.37. The van der Waals surface area contributed by atoms with E-state index in [9.17, 15) is 8.42 Å². The molecule has 7 nitrogen and oxygen atoms in total. The smallest absolute Gasteiger partial charge is 0.212 e. The Kier molecular flexibility index (Phi) is 3.98. The van der Waals surface area contributed by atoms with Gasteiger partial charge in [0.2, 0.25) is 15.0 Å². The number of sulfonamides is 1. The summed E-state index contributed by atoms with van der Waals surface area (Å²) in [5.41, 5.74) is 0. The Bertz CT molecular complexity index is 728. The van der Waals surface area contributed by atoms with E-state index in [1.165, 1.54) is 0 Å². The molecule has 21 heavy (non-hydrogen) atoms. The molecule has 0 aliphatic carbocycles.